The number of hydrogen-bond donors (Lipinski definition) is 0. The maximum absolute atomic E-state index is 13.4. The highest BCUT2D eigenvalue weighted by atomic mass is 79.9. The number of nitrogens with zero attached hydrogens (tertiary/aromatic N) is 2. The first-order chi connectivity index (χ1) is 17.4. The summed E-state index contributed by atoms with van der Waals surface area (Å²) in [6, 6.07) is 10.2. The third-order valence-electron chi connectivity index (χ3n) is 5.53. The average molecular weight is 565 g/mol. The van der Waals surface area contributed by atoms with Crippen LogP contribution in [-0.4, -0.2) is 74.1 Å². The lowest BCUT2D eigenvalue weighted by Gasteiger charge is -2.34. The van der Waals surface area contributed by atoms with Crippen LogP contribution in [0.4, 0.5) is 4.79 Å². The molecule has 2 atom stereocenters. The van der Waals surface area contributed by atoms with Gasteiger partial charge in [-0.1, -0.05) is 42.5 Å². The van der Waals surface area contributed by atoms with Crippen LogP contribution in [0.25, 0.3) is 0 Å². The number of aromatic nitrogens is 1. The first-order valence-corrected chi connectivity index (χ1v) is 11.9. The highest BCUT2D eigenvalue weighted by Crippen LogP contribution is 2.27. The van der Waals surface area contributed by atoms with E-state index in [1.165, 1.54) is 36.9 Å². The molecule has 1 aliphatic heterocycles. The van der Waals surface area contributed by atoms with Gasteiger partial charge >= 0.3 is 12.1 Å². The second-order valence-corrected chi connectivity index (χ2v) is 8.80. The lowest BCUT2D eigenvalue weighted by atomic mass is 10.0. The number of halogens is 1. The van der Waals surface area contributed by atoms with Gasteiger partial charge < -0.3 is 28.3 Å². The quantitative estimate of drug-likeness (QED) is 0.176. The maximum atomic E-state index is 13.4. The molecule has 10 nitrogen and oxygen atoms in total. The molecule has 0 saturated carbocycles. The molecule has 0 spiro atoms. The van der Waals surface area contributed by atoms with Gasteiger partial charge in [-0.2, -0.15) is 0 Å². The Balaban J connectivity index is 1.82. The summed E-state index contributed by atoms with van der Waals surface area (Å²) in [6.07, 6.45) is 2.48. The van der Waals surface area contributed by atoms with Gasteiger partial charge in [-0.25, -0.2) is 9.59 Å². The first kappa shape index (κ1) is 27.6. The second-order valence-electron chi connectivity index (χ2n) is 7.95. The number of ether oxygens (including phenoxy) is 5. The molecule has 0 fully saturated rings. The number of carbonyl (C=O) groups excluding carboxylic acids is 3. The maximum Gasteiger partial charge on any atom is 0.410 e. The van der Waals surface area contributed by atoms with Gasteiger partial charge in [0.1, 0.15) is 31.5 Å². The molecule has 0 saturated heterocycles. The number of Topliss-reactive ketones (excluding diaryl/α,β-unsaturated/α-hetero) is 1. The van der Waals surface area contributed by atoms with Crippen LogP contribution >= 0.6 is 15.9 Å². The molecule has 11 heteroatoms. The molecular formula is C25H29BrN2O8. The van der Waals surface area contributed by atoms with Gasteiger partial charge in [-0.3, -0.25) is 9.69 Å². The van der Waals surface area contributed by atoms with Crippen molar-refractivity contribution in [1.29, 1.82) is 0 Å². The first-order valence-electron chi connectivity index (χ1n) is 11.1. The van der Waals surface area contributed by atoms with Crippen LogP contribution in [0.1, 0.15) is 33.0 Å². The molecule has 1 aliphatic rings. The van der Waals surface area contributed by atoms with Crippen LogP contribution < -0.4 is 0 Å². The number of methoxy groups -OCH3 is 3. The van der Waals surface area contributed by atoms with E-state index in [9.17, 15) is 14.4 Å². The minimum Gasteiger partial charge on any atom is -0.464 e. The fourth-order valence-corrected chi connectivity index (χ4v) is 4.48. The SMILES string of the molecule is COCO[C@H]1C=C[C@H](CC(=O)c2c(Br)cc(C(=O)OC)n2COC)N(C(=O)OCc2ccccc2)C1. The fourth-order valence-electron chi connectivity index (χ4n) is 3.82. The lowest BCUT2D eigenvalue weighted by molar-refractivity contribution is -0.0675. The van der Waals surface area contributed by atoms with Crippen molar-refractivity contribution >= 4 is 33.8 Å². The average Bonchev–Trinajstić information content (AvgIpc) is 3.22. The smallest absolute Gasteiger partial charge is 0.410 e. The Morgan fingerprint density at radius 3 is 2.47 bits per heavy atom. The Bertz CT molecular complexity index is 1090. The zero-order chi connectivity index (χ0) is 26.1. The standard InChI is InChI=1S/C25H29BrN2O8/c1-32-15-28-21(24(30)34-3)12-20(26)23(28)22(29)11-18-9-10-19(36-16-33-2)13-27(18)25(31)35-14-17-7-5-4-6-8-17/h4-10,12,18-19H,11,13-16H2,1-3H3/t18-,19+/m1/s1. The summed E-state index contributed by atoms with van der Waals surface area (Å²) in [6.45, 7) is 0.292. The van der Waals surface area contributed by atoms with Crippen LogP contribution in [0, 0.1) is 0 Å². The Kier molecular flexibility index (Phi) is 10.2. The van der Waals surface area contributed by atoms with Crippen molar-refractivity contribution in [2.45, 2.75) is 31.9 Å². The van der Waals surface area contributed by atoms with Gasteiger partial charge in [0.05, 0.1) is 25.8 Å². The van der Waals surface area contributed by atoms with Crippen molar-refractivity contribution in [1.82, 2.24) is 9.47 Å². The van der Waals surface area contributed by atoms with Crippen LogP contribution in [0.5, 0.6) is 0 Å². The summed E-state index contributed by atoms with van der Waals surface area (Å²) >= 11 is 3.37. The number of carbonyl (C=O) groups is 3. The van der Waals surface area contributed by atoms with Gasteiger partial charge in [0.15, 0.2) is 5.78 Å². The summed E-state index contributed by atoms with van der Waals surface area (Å²) in [4.78, 5) is 40.2. The van der Waals surface area contributed by atoms with Gasteiger partial charge in [-0.05, 0) is 27.6 Å². The van der Waals surface area contributed by atoms with E-state index >= 15 is 0 Å². The van der Waals surface area contributed by atoms with E-state index in [4.69, 9.17) is 23.7 Å². The second kappa shape index (κ2) is 13.4. The molecule has 0 aliphatic carbocycles. The number of benzene rings is 1. The highest BCUT2D eigenvalue weighted by molar-refractivity contribution is 9.10. The predicted molar refractivity (Wildman–Crippen MR) is 132 cm³/mol. The summed E-state index contributed by atoms with van der Waals surface area (Å²) in [7, 11) is 4.23. The van der Waals surface area contributed by atoms with E-state index in [-0.39, 0.29) is 50.3 Å². The number of hydrogen-bond acceptors (Lipinski definition) is 8. The molecule has 1 aromatic carbocycles. The molecule has 2 aromatic rings. The van der Waals surface area contributed by atoms with Crippen molar-refractivity contribution in [2.24, 2.45) is 0 Å². The van der Waals surface area contributed by atoms with Crippen molar-refractivity contribution in [3.63, 3.8) is 0 Å². The highest BCUT2D eigenvalue weighted by Gasteiger charge is 2.33. The number of amides is 1. The monoisotopic (exact) mass is 564 g/mol. The van der Waals surface area contributed by atoms with Crippen molar-refractivity contribution < 1.29 is 38.1 Å². The molecule has 194 valence electrons. The van der Waals surface area contributed by atoms with E-state index in [0.717, 1.165) is 5.56 Å². The molecular weight excluding hydrogens is 536 g/mol. The van der Waals surface area contributed by atoms with Crippen LogP contribution in [0.3, 0.4) is 0 Å². The molecule has 36 heavy (non-hydrogen) atoms. The third-order valence-corrected chi connectivity index (χ3v) is 6.13. The Labute approximate surface area is 217 Å². The van der Waals surface area contributed by atoms with E-state index in [1.54, 1.807) is 12.2 Å². The van der Waals surface area contributed by atoms with Gasteiger partial charge in [-0.15, -0.1) is 0 Å². The molecule has 0 N–H and O–H groups in total. The molecule has 2 heterocycles. The van der Waals surface area contributed by atoms with Crippen LogP contribution in [0.2, 0.25) is 0 Å². The molecule has 1 aromatic heterocycles. The van der Waals surface area contributed by atoms with E-state index in [1.807, 2.05) is 30.3 Å². The lowest BCUT2D eigenvalue weighted by Crippen LogP contribution is -2.48. The molecule has 0 bridgehead atoms. The van der Waals surface area contributed by atoms with Crippen molar-refractivity contribution in [2.75, 3.05) is 34.7 Å². The van der Waals surface area contributed by atoms with E-state index in [0.29, 0.717) is 4.47 Å². The third kappa shape index (κ3) is 6.82. The summed E-state index contributed by atoms with van der Waals surface area (Å²) in [5.74, 6) is -0.908. The minimum atomic E-state index is -0.603. The van der Waals surface area contributed by atoms with Crippen molar-refractivity contribution in [3.05, 3.63) is 70.0 Å². The zero-order valence-corrected chi connectivity index (χ0v) is 21.9. The fraction of sp³-hybridized carbons (Fsp3) is 0.400. The Morgan fingerprint density at radius 2 is 1.81 bits per heavy atom. The number of esters is 1. The van der Waals surface area contributed by atoms with E-state index in [2.05, 4.69) is 15.9 Å². The topological polar surface area (TPSA) is 106 Å². The minimum absolute atomic E-state index is 0.0343. The molecule has 3 rings (SSSR count). The molecule has 0 unspecified atom stereocenters. The summed E-state index contributed by atoms with van der Waals surface area (Å²) in [5.41, 5.74) is 1.25. The Morgan fingerprint density at radius 1 is 1.06 bits per heavy atom. The largest absolute Gasteiger partial charge is 0.464 e. The summed E-state index contributed by atoms with van der Waals surface area (Å²) in [5, 5.41) is 0. The van der Waals surface area contributed by atoms with Gasteiger partial charge in [0, 0.05) is 25.1 Å². The van der Waals surface area contributed by atoms with Crippen LogP contribution in [0.15, 0.2) is 53.0 Å². The number of rotatable bonds is 11. The normalized spacial score (nSPS) is 17.2. The predicted octanol–water partition coefficient (Wildman–Crippen LogP) is 3.78. The zero-order valence-electron chi connectivity index (χ0n) is 20.3. The molecule has 1 amide bonds. The summed E-state index contributed by atoms with van der Waals surface area (Å²) < 4.78 is 28.0. The van der Waals surface area contributed by atoms with E-state index < -0.39 is 24.2 Å². The number of ketones is 1. The molecule has 0 radical (unpaired) electrons. The van der Waals surface area contributed by atoms with Crippen LogP contribution in [-0.2, 0) is 37.0 Å². The Hall–Kier alpha value is -2.99. The van der Waals surface area contributed by atoms with Gasteiger partial charge in [0.25, 0.3) is 0 Å². The van der Waals surface area contributed by atoms with Crippen molar-refractivity contribution in [3.8, 4) is 0 Å². The van der Waals surface area contributed by atoms with Gasteiger partial charge in [0.2, 0.25) is 0 Å².